The van der Waals surface area contributed by atoms with E-state index in [2.05, 4.69) is 13.0 Å². The molecule has 2 aliphatic rings. The van der Waals surface area contributed by atoms with Crippen molar-refractivity contribution in [3.05, 3.63) is 0 Å². The van der Waals surface area contributed by atoms with Gasteiger partial charge >= 0.3 is 0 Å². The van der Waals surface area contributed by atoms with Gasteiger partial charge in [-0.05, 0) is 50.4 Å². The van der Waals surface area contributed by atoms with Crippen LogP contribution in [0.4, 0.5) is 0 Å². The molecule has 0 aromatic carbocycles. The number of rotatable bonds is 3. The molecule has 0 saturated heterocycles. The van der Waals surface area contributed by atoms with E-state index in [-0.39, 0.29) is 5.41 Å². The molecule has 0 aromatic heterocycles. The first-order chi connectivity index (χ1) is 6.80. The van der Waals surface area contributed by atoms with Crippen molar-refractivity contribution >= 4 is 0 Å². The molecule has 0 heterocycles. The summed E-state index contributed by atoms with van der Waals surface area (Å²) >= 11 is 0. The van der Waals surface area contributed by atoms with E-state index in [9.17, 15) is 5.26 Å². The van der Waals surface area contributed by atoms with Gasteiger partial charge in [-0.3, -0.25) is 0 Å². The van der Waals surface area contributed by atoms with E-state index in [1.807, 2.05) is 0 Å². The number of nitriles is 1. The lowest BCUT2D eigenvalue weighted by Gasteiger charge is -2.35. The Morgan fingerprint density at radius 2 is 1.86 bits per heavy atom. The maximum absolute atomic E-state index is 9.32. The lowest BCUT2D eigenvalue weighted by atomic mass is 9.68. The lowest BCUT2D eigenvalue weighted by Crippen LogP contribution is -2.28. The van der Waals surface area contributed by atoms with E-state index in [1.165, 1.54) is 51.4 Å². The van der Waals surface area contributed by atoms with E-state index in [0.717, 1.165) is 11.8 Å². The smallest absolute Gasteiger partial charge is 0.0692 e. The molecule has 0 radical (unpaired) electrons. The second-order valence-corrected chi connectivity index (χ2v) is 5.27. The molecule has 0 N–H and O–H groups in total. The minimum atomic E-state index is 0.115. The van der Waals surface area contributed by atoms with E-state index in [4.69, 9.17) is 0 Å². The molecule has 2 aliphatic carbocycles. The summed E-state index contributed by atoms with van der Waals surface area (Å²) < 4.78 is 0. The SMILES string of the molecule is CCCC1CCC(C#N)(C2CC2)CC1. The Morgan fingerprint density at radius 3 is 2.29 bits per heavy atom. The number of hydrogen-bond donors (Lipinski definition) is 0. The third-order valence-electron chi connectivity index (χ3n) is 4.28. The zero-order valence-corrected chi connectivity index (χ0v) is 9.26. The predicted molar refractivity (Wildman–Crippen MR) is 57.6 cm³/mol. The second-order valence-electron chi connectivity index (χ2n) is 5.27. The van der Waals surface area contributed by atoms with Crippen LogP contribution in [-0.4, -0.2) is 0 Å². The summed E-state index contributed by atoms with van der Waals surface area (Å²) in [6, 6.07) is 2.64. The fraction of sp³-hybridized carbons (Fsp3) is 0.923. The Morgan fingerprint density at radius 1 is 1.21 bits per heavy atom. The maximum Gasteiger partial charge on any atom is 0.0692 e. The van der Waals surface area contributed by atoms with Crippen molar-refractivity contribution < 1.29 is 0 Å². The lowest BCUT2D eigenvalue weighted by molar-refractivity contribution is 0.176. The van der Waals surface area contributed by atoms with Crippen LogP contribution in [0.5, 0.6) is 0 Å². The van der Waals surface area contributed by atoms with Crippen LogP contribution in [0, 0.1) is 28.6 Å². The van der Waals surface area contributed by atoms with Crippen molar-refractivity contribution in [2.75, 3.05) is 0 Å². The third kappa shape index (κ3) is 1.80. The van der Waals surface area contributed by atoms with Crippen molar-refractivity contribution in [3.63, 3.8) is 0 Å². The van der Waals surface area contributed by atoms with Crippen molar-refractivity contribution in [2.24, 2.45) is 17.3 Å². The molecule has 0 unspecified atom stereocenters. The minimum Gasteiger partial charge on any atom is -0.198 e. The van der Waals surface area contributed by atoms with Gasteiger partial charge in [0, 0.05) is 0 Å². The summed E-state index contributed by atoms with van der Waals surface area (Å²) in [6.45, 7) is 2.27. The summed E-state index contributed by atoms with van der Waals surface area (Å²) in [7, 11) is 0. The normalized spacial score (nSPS) is 37.9. The molecule has 0 amide bonds. The predicted octanol–water partition coefficient (Wildman–Crippen LogP) is 3.90. The first-order valence-corrected chi connectivity index (χ1v) is 6.22. The molecule has 1 nitrogen and oxygen atoms in total. The molecule has 78 valence electrons. The van der Waals surface area contributed by atoms with Gasteiger partial charge in [-0.15, -0.1) is 0 Å². The fourth-order valence-corrected chi connectivity index (χ4v) is 3.14. The summed E-state index contributed by atoms with van der Waals surface area (Å²) in [4.78, 5) is 0. The molecular formula is C13H21N. The van der Waals surface area contributed by atoms with Crippen LogP contribution in [0.2, 0.25) is 0 Å². The average molecular weight is 191 g/mol. The molecule has 2 rings (SSSR count). The quantitative estimate of drug-likeness (QED) is 0.663. The molecular weight excluding hydrogens is 170 g/mol. The number of nitrogens with zero attached hydrogens (tertiary/aromatic N) is 1. The number of hydrogen-bond acceptors (Lipinski definition) is 1. The zero-order valence-electron chi connectivity index (χ0n) is 9.26. The van der Waals surface area contributed by atoms with Crippen LogP contribution >= 0.6 is 0 Å². The van der Waals surface area contributed by atoms with Crippen molar-refractivity contribution in [1.82, 2.24) is 0 Å². The highest BCUT2D eigenvalue weighted by Crippen LogP contribution is 2.54. The van der Waals surface area contributed by atoms with Crippen molar-refractivity contribution in [1.29, 1.82) is 5.26 Å². The van der Waals surface area contributed by atoms with Crippen molar-refractivity contribution in [3.8, 4) is 6.07 Å². The monoisotopic (exact) mass is 191 g/mol. The van der Waals surface area contributed by atoms with E-state index < -0.39 is 0 Å². The van der Waals surface area contributed by atoms with Gasteiger partial charge in [0.25, 0.3) is 0 Å². The first kappa shape index (κ1) is 10.0. The highest BCUT2D eigenvalue weighted by Gasteiger charge is 2.47. The van der Waals surface area contributed by atoms with Crippen LogP contribution < -0.4 is 0 Å². The minimum absolute atomic E-state index is 0.115. The van der Waals surface area contributed by atoms with Crippen LogP contribution in [0.3, 0.4) is 0 Å². The first-order valence-electron chi connectivity index (χ1n) is 6.22. The molecule has 2 saturated carbocycles. The Hall–Kier alpha value is -0.510. The molecule has 1 heteroatoms. The van der Waals surface area contributed by atoms with Gasteiger partial charge in [0.15, 0.2) is 0 Å². The Bertz CT molecular complexity index is 226. The van der Waals surface area contributed by atoms with Crippen molar-refractivity contribution in [2.45, 2.75) is 58.3 Å². The van der Waals surface area contributed by atoms with Crippen LogP contribution in [0.25, 0.3) is 0 Å². The molecule has 0 bridgehead atoms. The summed E-state index contributed by atoms with van der Waals surface area (Å²) in [5.74, 6) is 1.70. The topological polar surface area (TPSA) is 23.8 Å². The molecule has 0 atom stereocenters. The summed E-state index contributed by atoms with van der Waals surface area (Å²) in [5.41, 5.74) is 0.115. The molecule has 0 aromatic rings. The van der Waals surface area contributed by atoms with Crippen LogP contribution in [0.15, 0.2) is 0 Å². The van der Waals surface area contributed by atoms with E-state index in [0.29, 0.717) is 0 Å². The van der Waals surface area contributed by atoms with Gasteiger partial charge in [0.1, 0.15) is 0 Å². The summed E-state index contributed by atoms with van der Waals surface area (Å²) in [6.07, 6.45) is 10.4. The molecule has 14 heavy (non-hydrogen) atoms. The average Bonchev–Trinajstić information content (AvgIpc) is 3.04. The van der Waals surface area contributed by atoms with E-state index >= 15 is 0 Å². The standard InChI is InChI=1S/C13H21N/c1-2-3-11-6-8-13(10-14,9-7-11)12-4-5-12/h11-12H,2-9H2,1H3. The third-order valence-corrected chi connectivity index (χ3v) is 4.28. The fourth-order valence-electron chi connectivity index (χ4n) is 3.14. The van der Waals surface area contributed by atoms with Gasteiger partial charge in [0.2, 0.25) is 0 Å². The van der Waals surface area contributed by atoms with Crippen LogP contribution in [-0.2, 0) is 0 Å². The van der Waals surface area contributed by atoms with Crippen LogP contribution in [0.1, 0.15) is 58.3 Å². The Balaban J connectivity index is 1.90. The van der Waals surface area contributed by atoms with Gasteiger partial charge < -0.3 is 0 Å². The maximum atomic E-state index is 9.32. The highest BCUT2D eigenvalue weighted by molar-refractivity contribution is 5.09. The molecule has 0 aliphatic heterocycles. The van der Waals surface area contributed by atoms with Gasteiger partial charge in [-0.25, -0.2) is 0 Å². The molecule has 2 fully saturated rings. The van der Waals surface area contributed by atoms with Gasteiger partial charge in [-0.1, -0.05) is 19.8 Å². The molecule has 0 spiro atoms. The summed E-state index contributed by atoms with van der Waals surface area (Å²) in [5, 5.41) is 9.32. The van der Waals surface area contributed by atoms with Gasteiger partial charge in [0.05, 0.1) is 11.5 Å². The second kappa shape index (κ2) is 3.93. The zero-order chi connectivity index (χ0) is 10.0. The Labute approximate surface area is 87.5 Å². The highest BCUT2D eigenvalue weighted by atomic mass is 14.5. The van der Waals surface area contributed by atoms with Gasteiger partial charge in [-0.2, -0.15) is 5.26 Å². The largest absolute Gasteiger partial charge is 0.198 e. The Kier molecular flexibility index (Phi) is 2.81. The van der Waals surface area contributed by atoms with E-state index in [1.54, 1.807) is 0 Å².